The molecule has 176 valence electrons. The maximum atomic E-state index is 12.6. The highest BCUT2D eigenvalue weighted by Crippen LogP contribution is 2.44. The number of carboxylic acids is 1. The highest BCUT2D eigenvalue weighted by Gasteiger charge is 2.29. The molecule has 0 spiro atoms. The third-order valence-corrected chi connectivity index (χ3v) is 6.02. The zero-order valence-corrected chi connectivity index (χ0v) is 19.3. The van der Waals surface area contributed by atoms with Crippen molar-refractivity contribution >= 4 is 18.0 Å². The molecule has 2 atom stereocenters. The van der Waals surface area contributed by atoms with Gasteiger partial charge in [0, 0.05) is 12.5 Å². The molecule has 33 heavy (non-hydrogen) atoms. The largest absolute Gasteiger partial charge is 0.480 e. The minimum Gasteiger partial charge on any atom is -0.480 e. The second kappa shape index (κ2) is 11.0. The molecule has 1 aliphatic carbocycles. The summed E-state index contributed by atoms with van der Waals surface area (Å²) in [5.74, 6) is -1.90. The lowest BCUT2D eigenvalue weighted by Gasteiger charge is -2.21. The Morgan fingerprint density at radius 2 is 1.58 bits per heavy atom. The Morgan fingerprint density at radius 1 is 1.00 bits per heavy atom. The maximum Gasteiger partial charge on any atom is 0.407 e. The third-order valence-electron chi connectivity index (χ3n) is 6.02. The average molecular weight is 453 g/mol. The lowest BCUT2D eigenvalue weighted by Crippen LogP contribution is -2.46. The van der Waals surface area contributed by atoms with Crippen LogP contribution in [0.2, 0.25) is 0 Å². The zero-order valence-electron chi connectivity index (χ0n) is 19.3. The first-order valence-electron chi connectivity index (χ1n) is 11.4. The Kier molecular flexibility index (Phi) is 8.09. The minimum atomic E-state index is -1.06. The molecule has 2 amide bonds. The van der Waals surface area contributed by atoms with E-state index in [-0.39, 0.29) is 30.9 Å². The van der Waals surface area contributed by atoms with Gasteiger partial charge in [0.15, 0.2) is 0 Å². The summed E-state index contributed by atoms with van der Waals surface area (Å²) < 4.78 is 5.51. The van der Waals surface area contributed by atoms with E-state index in [0.717, 1.165) is 22.3 Å². The fourth-order valence-electron chi connectivity index (χ4n) is 4.26. The molecular weight excluding hydrogens is 420 g/mol. The number of carboxylic acid groups (broad SMARTS) is 1. The van der Waals surface area contributed by atoms with Gasteiger partial charge >= 0.3 is 12.1 Å². The van der Waals surface area contributed by atoms with E-state index in [1.165, 1.54) is 0 Å². The van der Waals surface area contributed by atoms with Crippen molar-refractivity contribution in [3.8, 4) is 11.1 Å². The molecule has 2 aromatic rings. The summed E-state index contributed by atoms with van der Waals surface area (Å²) in [4.78, 5) is 36.4. The highest BCUT2D eigenvalue weighted by molar-refractivity contribution is 5.85. The van der Waals surface area contributed by atoms with Crippen molar-refractivity contribution in [1.29, 1.82) is 0 Å². The number of amides is 2. The smallest absolute Gasteiger partial charge is 0.407 e. The number of carbonyl (C=O) groups excluding carboxylic acids is 2. The van der Waals surface area contributed by atoms with Gasteiger partial charge in [0.05, 0.1) is 5.92 Å². The molecule has 2 aromatic carbocycles. The Balaban J connectivity index is 1.55. The summed E-state index contributed by atoms with van der Waals surface area (Å²) in [7, 11) is 0. The SMILES string of the molecule is CCC(CNC(=O)OCC1c2ccccc2-c2ccccc21)C(=O)N[C@@H](CC(C)C)C(=O)O. The summed E-state index contributed by atoms with van der Waals surface area (Å²) in [6.07, 6.45) is 0.209. The van der Waals surface area contributed by atoms with Crippen molar-refractivity contribution in [1.82, 2.24) is 10.6 Å². The maximum absolute atomic E-state index is 12.6. The van der Waals surface area contributed by atoms with Gasteiger partial charge in [-0.05, 0) is 41.0 Å². The van der Waals surface area contributed by atoms with Crippen LogP contribution in [-0.4, -0.2) is 42.3 Å². The van der Waals surface area contributed by atoms with Crippen molar-refractivity contribution in [3.05, 3.63) is 59.7 Å². The molecule has 3 rings (SSSR count). The van der Waals surface area contributed by atoms with Gasteiger partial charge in [-0.1, -0.05) is 69.3 Å². The van der Waals surface area contributed by atoms with E-state index in [0.29, 0.717) is 12.8 Å². The van der Waals surface area contributed by atoms with Gasteiger partial charge in [-0.15, -0.1) is 0 Å². The van der Waals surface area contributed by atoms with Crippen LogP contribution in [0.5, 0.6) is 0 Å². The lowest BCUT2D eigenvalue weighted by molar-refractivity contribution is -0.143. The zero-order chi connectivity index (χ0) is 24.0. The molecule has 1 aliphatic rings. The van der Waals surface area contributed by atoms with Crippen molar-refractivity contribution < 1.29 is 24.2 Å². The van der Waals surface area contributed by atoms with E-state index in [4.69, 9.17) is 4.74 Å². The van der Waals surface area contributed by atoms with Crippen molar-refractivity contribution in [2.24, 2.45) is 11.8 Å². The summed E-state index contributed by atoms with van der Waals surface area (Å²) >= 11 is 0. The molecule has 7 heteroatoms. The van der Waals surface area contributed by atoms with E-state index < -0.39 is 24.0 Å². The van der Waals surface area contributed by atoms with E-state index >= 15 is 0 Å². The Bertz CT molecular complexity index is 958. The van der Waals surface area contributed by atoms with Gasteiger partial charge in [0.1, 0.15) is 12.6 Å². The normalized spacial score (nSPS) is 14.2. The van der Waals surface area contributed by atoms with Gasteiger partial charge in [0.25, 0.3) is 0 Å². The molecule has 0 aliphatic heterocycles. The molecule has 3 N–H and O–H groups in total. The van der Waals surface area contributed by atoms with Crippen LogP contribution < -0.4 is 10.6 Å². The van der Waals surface area contributed by atoms with Crippen LogP contribution in [0.1, 0.15) is 50.7 Å². The molecule has 0 saturated carbocycles. The number of hydrogen-bond donors (Lipinski definition) is 3. The average Bonchev–Trinajstić information content (AvgIpc) is 3.11. The summed E-state index contributed by atoms with van der Waals surface area (Å²) in [5, 5.41) is 14.6. The molecule has 0 bridgehead atoms. The van der Waals surface area contributed by atoms with Gasteiger partial charge in [-0.3, -0.25) is 4.79 Å². The molecule has 0 radical (unpaired) electrons. The molecule has 1 unspecified atom stereocenters. The van der Waals surface area contributed by atoms with Gasteiger partial charge in [-0.2, -0.15) is 0 Å². The quantitative estimate of drug-likeness (QED) is 0.502. The fourth-order valence-corrected chi connectivity index (χ4v) is 4.26. The van der Waals surface area contributed by atoms with E-state index in [1.807, 2.05) is 45.0 Å². The molecule has 0 fully saturated rings. The van der Waals surface area contributed by atoms with Crippen LogP contribution in [-0.2, 0) is 14.3 Å². The first-order chi connectivity index (χ1) is 15.8. The second-order valence-electron chi connectivity index (χ2n) is 8.84. The van der Waals surface area contributed by atoms with Gasteiger partial charge < -0.3 is 20.5 Å². The monoisotopic (exact) mass is 452 g/mol. The number of aliphatic carboxylic acids is 1. The number of benzene rings is 2. The van der Waals surface area contributed by atoms with Crippen LogP contribution in [0.15, 0.2) is 48.5 Å². The number of nitrogens with one attached hydrogen (secondary N) is 2. The number of rotatable bonds is 10. The fraction of sp³-hybridized carbons (Fsp3) is 0.423. The first kappa shape index (κ1) is 24.3. The predicted molar refractivity (Wildman–Crippen MR) is 126 cm³/mol. The Labute approximate surface area is 194 Å². The standard InChI is InChI=1S/C26H32N2O5/c1-4-17(24(29)28-23(25(30)31)13-16(2)3)14-27-26(32)33-15-22-20-11-7-5-9-18(20)19-10-6-8-12-21(19)22/h5-12,16-17,22-23H,4,13-15H2,1-3H3,(H,27,32)(H,28,29)(H,30,31)/t17?,23-/m0/s1. The van der Waals surface area contributed by atoms with E-state index in [9.17, 15) is 19.5 Å². The molecule has 0 heterocycles. The molecular formula is C26H32N2O5. The number of alkyl carbamates (subject to hydrolysis) is 1. The van der Waals surface area contributed by atoms with Gasteiger partial charge in [0.2, 0.25) is 5.91 Å². The van der Waals surface area contributed by atoms with Crippen molar-refractivity contribution in [3.63, 3.8) is 0 Å². The van der Waals surface area contributed by atoms with Crippen molar-refractivity contribution in [2.75, 3.05) is 13.2 Å². The number of carbonyl (C=O) groups is 3. The van der Waals surface area contributed by atoms with E-state index in [2.05, 4.69) is 34.9 Å². The van der Waals surface area contributed by atoms with Crippen LogP contribution in [0.4, 0.5) is 4.79 Å². The van der Waals surface area contributed by atoms with Crippen LogP contribution in [0.25, 0.3) is 11.1 Å². The summed E-state index contributed by atoms with van der Waals surface area (Å²) in [5.41, 5.74) is 4.56. The third kappa shape index (κ3) is 5.92. The summed E-state index contributed by atoms with van der Waals surface area (Å²) in [6.45, 7) is 5.89. The summed E-state index contributed by atoms with van der Waals surface area (Å²) in [6, 6.07) is 15.3. The number of ether oxygens (including phenoxy) is 1. The molecule has 0 saturated heterocycles. The lowest BCUT2D eigenvalue weighted by atomic mass is 9.98. The minimum absolute atomic E-state index is 0.0409. The number of hydrogen-bond acceptors (Lipinski definition) is 4. The van der Waals surface area contributed by atoms with Crippen LogP contribution >= 0.6 is 0 Å². The van der Waals surface area contributed by atoms with Crippen LogP contribution in [0.3, 0.4) is 0 Å². The predicted octanol–water partition coefficient (Wildman–Crippen LogP) is 4.17. The first-order valence-corrected chi connectivity index (χ1v) is 11.4. The molecule has 7 nitrogen and oxygen atoms in total. The number of fused-ring (bicyclic) bond motifs is 3. The second-order valence-corrected chi connectivity index (χ2v) is 8.84. The van der Waals surface area contributed by atoms with Gasteiger partial charge in [-0.25, -0.2) is 9.59 Å². The Hall–Kier alpha value is -3.35. The van der Waals surface area contributed by atoms with Crippen molar-refractivity contribution in [2.45, 2.75) is 45.6 Å². The van der Waals surface area contributed by atoms with Crippen LogP contribution in [0, 0.1) is 11.8 Å². The van der Waals surface area contributed by atoms with E-state index in [1.54, 1.807) is 0 Å². The molecule has 0 aromatic heterocycles. The topological polar surface area (TPSA) is 105 Å². The highest BCUT2D eigenvalue weighted by atomic mass is 16.5. The Morgan fingerprint density at radius 3 is 2.09 bits per heavy atom.